The van der Waals surface area contributed by atoms with Crippen molar-refractivity contribution in [2.24, 2.45) is 5.10 Å². The van der Waals surface area contributed by atoms with Crippen LogP contribution in [0.4, 0.5) is 5.82 Å². The van der Waals surface area contributed by atoms with E-state index in [4.69, 9.17) is 21.8 Å². The third kappa shape index (κ3) is 4.51. The molecule has 0 saturated heterocycles. The highest BCUT2D eigenvalue weighted by atomic mass is 35.5. The molecule has 0 amide bonds. The van der Waals surface area contributed by atoms with E-state index < -0.39 is 24.9 Å². The summed E-state index contributed by atoms with van der Waals surface area (Å²) in [7, 11) is 0. The first kappa shape index (κ1) is 14.7. The van der Waals surface area contributed by atoms with Crippen molar-refractivity contribution >= 4 is 23.6 Å². The molecule has 0 aliphatic rings. The predicted molar refractivity (Wildman–Crippen MR) is 64.3 cm³/mol. The molecule has 1 heterocycles. The minimum Gasteiger partial charge on any atom is -0.394 e. The van der Waals surface area contributed by atoms with Crippen molar-refractivity contribution in [1.82, 2.24) is 10.2 Å². The van der Waals surface area contributed by atoms with Crippen molar-refractivity contribution in [1.29, 1.82) is 0 Å². The Morgan fingerprint density at radius 1 is 1.33 bits per heavy atom. The molecule has 9 heteroatoms. The lowest BCUT2D eigenvalue weighted by molar-refractivity contribution is -0.0541. The molecule has 5 N–H and O–H groups in total. The van der Waals surface area contributed by atoms with Crippen LogP contribution in [0, 0.1) is 0 Å². The summed E-state index contributed by atoms with van der Waals surface area (Å²) in [4.78, 5) is 0. The number of aromatic nitrogens is 2. The Labute approximate surface area is 108 Å². The Hall–Kier alpha value is -1.32. The summed E-state index contributed by atoms with van der Waals surface area (Å²) < 4.78 is 0. The fourth-order valence-corrected chi connectivity index (χ4v) is 1.08. The summed E-state index contributed by atoms with van der Waals surface area (Å²) in [6.07, 6.45) is -3.45. The number of aliphatic hydroxyl groups is 4. The van der Waals surface area contributed by atoms with Crippen LogP contribution in [-0.4, -0.2) is 61.8 Å². The molecule has 1 aromatic rings. The maximum Gasteiger partial charge on any atom is 0.168 e. The molecule has 100 valence electrons. The van der Waals surface area contributed by atoms with Crippen molar-refractivity contribution in [3.05, 3.63) is 17.3 Å². The van der Waals surface area contributed by atoms with Crippen LogP contribution in [-0.2, 0) is 0 Å². The second kappa shape index (κ2) is 7.19. The van der Waals surface area contributed by atoms with Crippen molar-refractivity contribution in [3.8, 4) is 0 Å². The molecule has 0 aromatic carbocycles. The maximum absolute atomic E-state index is 9.37. The standard InChI is InChI=1S/C9H13ClN4O4/c10-7-1-2-8(14-12-7)13-11-3-5(16)9(18)6(17)4-15/h1-3,5-6,9,15-18H,4H2,(H,13,14)/t5-,6+,9+/m0/s1. The van der Waals surface area contributed by atoms with E-state index in [0.29, 0.717) is 5.82 Å². The van der Waals surface area contributed by atoms with Gasteiger partial charge in [-0.25, -0.2) is 0 Å². The lowest BCUT2D eigenvalue weighted by Crippen LogP contribution is -2.40. The molecule has 0 aliphatic heterocycles. The van der Waals surface area contributed by atoms with E-state index in [2.05, 4.69) is 20.7 Å². The van der Waals surface area contributed by atoms with E-state index >= 15 is 0 Å². The van der Waals surface area contributed by atoms with Gasteiger partial charge in [-0.2, -0.15) is 5.10 Å². The Morgan fingerprint density at radius 3 is 2.61 bits per heavy atom. The summed E-state index contributed by atoms with van der Waals surface area (Å²) in [6.45, 7) is -0.665. The van der Waals surface area contributed by atoms with Gasteiger partial charge in [0.05, 0.1) is 12.8 Å². The first-order chi connectivity index (χ1) is 8.54. The van der Waals surface area contributed by atoms with Crippen LogP contribution >= 0.6 is 11.6 Å². The van der Waals surface area contributed by atoms with Gasteiger partial charge >= 0.3 is 0 Å². The van der Waals surface area contributed by atoms with Crippen LogP contribution in [0.5, 0.6) is 0 Å². The third-order valence-electron chi connectivity index (χ3n) is 1.97. The zero-order chi connectivity index (χ0) is 13.5. The highest BCUT2D eigenvalue weighted by Gasteiger charge is 2.22. The molecule has 0 radical (unpaired) electrons. The molecule has 1 aromatic heterocycles. The number of nitrogens with one attached hydrogen (secondary N) is 1. The van der Waals surface area contributed by atoms with E-state index in [1.165, 1.54) is 12.1 Å². The number of anilines is 1. The van der Waals surface area contributed by atoms with Gasteiger partial charge in [0, 0.05) is 0 Å². The lowest BCUT2D eigenvalue weighted by Gasteiger charge is -2.17. The molecular formula is C9H13ClN4O4. The summed E-state index contributed by atoms with van der Waals surface area (Å²) in [5.41, 5.74) is 2.44. The molecule has 0 saturated carbocycles. The van der Waals surface area contributed by atoms with E-state index in [1.54, 1.807) is 0 Å². The smallest absolute Gasteiger partial charge is 0.168 e. The minimum atomic E-state index is -1.53. The zero-order valence-electron chi connectivity index (χ0n) is 9.18. The minimum absolute atomic E-state index is 0.228. The van der Waals surface area contributed by atoms with Gasteiger partial charge in [-0.3, -0.25) is 5.43 Å². The summed E-state index contributed by atoms with van der Waals surface area (Å²) in [6, 6.07) is 3.01. The average molecular weight is 277 g/mol. The zero-order valence-corrected chi connectivity index (χ0v) is 9.94. The predicted octanol–water partition coefficient (Wildman–Crippen LogP) is -1.40. The quantitative estimate of drug-likeness (QED) is 0.319. The fourth-order valence-electron chi connectivity index (χ4n) is 0.979. The monoisotopic (exact) mass is 276 g/mol. The maximum atomic E-state index is 9.37. The molecular weight excluding hydrogens is 264 g/mol. The Bertz CT molecular complexity index is 389. The number of hydrogen-bond donors (Lipinski definition) is 5. The SMILES string of the molecule is OC[C@@H](O)[C@H](O)[C@@H](O)C=NNc1ccc(Cl)nn1. The van der Waals surface area contributed by atoms with Crippen LogP contribution in [0.1, 0.15) is 0 Å². The number of halogens is 1. The molecule has 0 bridgehead atoms. The highest BCUT2D eigenvalue weighted by molar-refractivity contribution is 6.29. The van der Waals surface area contributed by atoms with Gasteiger partial charge in [0.1, 0.15) is 18.3 Å². The van der Waals surface area contributed by atoms with Crippen LogP contribution in [0.3, 0.4) is 0 Å². The van der Waals surface area contributed by atoms with Crippen molar-refractivity contribution < 1.29 is 20.4 Å². The number of rotatable bonds is 6. The number of aliphatic hydroxyl groups excluding tert-OH is 4. The van der Waals surface area contributed by atoms with Gasteiger partial charge in [-0.1, -0.05) is 11.6 Å². The molecule has 1 rings (SSSR count). The molecule has 0 fully saturated rings. The molecule has 0 spiro atoms. The largest absolute Gasteiger partial charge is 0.394 e. The van der Waals surface area contributed by atoms with Gasteiger partial charge in [0.25, 0.3) is 0 Å². The summed E-state index contributed by atoms with van der Waals surface area (Å²) in [5.74, 6) is 0.292. The average Bonchev–Trinajstić information content (AvgIpc) is 2.39. The third-order valence-corrected chi connectivity index (χ3v) is 2.17. The highest BCUT2D eigenvalue weighted by Crippen LogP contribution is 2.05. The van der Waals surface area contributed by atoms with E-state index in [9.17, 15) is 10.2 Å². The van der Waals surface area contributed by atoms with Crippen molar-refractivity contribution in [2.75, 3.05) is 12.0 Å². The number of nitrogens with zero attached hydrogens (tertiary/aromatic N) is 3. The topological polar surface area (TPSA) is 131 Å². The van der Waals surface area contributed by atoms with E-state index in [0.717, 1.165) is 6.21 Å². The van der Waals surface area contributed by atoms with Crippen LogP contribution < -0.4 is 5.43 Å². The van der Waals surface area contributed by atoms with Gasteiger partial charge in [0.2, 0.25) is 0 Å². The van der Waals surface area contributed by atoms with E-state index in [-0.39, 0.29) is 5.15 Å². The molecule has 0 aliphatic carbocycles. The van der Waals surface area contributed by atoms with Gasteiger partial charge < -0.3 is 20.4 Å². The van der Waals surface area contributed by atoms with E-state index in [1.807, 2.05) is 0 Å². The van der Waals surface area contributed by atoms with Crippen molar-refractivity contribution in [3.63, 3.8) is 0 Å². The van der Waals surface area contributed by atoms with Crippen LogP contribution in [0.25, 0.3) is 0 Å². The first-order valence-corrected chi connectivity index (χ1v) is 5.36. The second-order valence-corrected chi connectivity index (χ2v) is 3.75. The fraction of sp³-hybridized carbons (Fsp3) is 0.444. The summed E-state index contributed by atoms with van der Waals surface area (Å²) >= 11 is 5.52. The number of hydrogen-bond acceptors (Lipinski definition) is 8. The normalized spacial score (nSPS) is 16.5. The molecule has 3 atom stereocenters. The number of hydrazone groups is 1. The van der Waals surface area contributed by atoms with Gasteiger partial charge in [0.15, 0.2) is 11.0 Å². The Morgan fingerprint density at radius 2 is 2.06 bits per heavy atom. The molecule has 8 nitrogen and oxygen atoms in total. The first-order valence-electron chi connectivity index (χ1n) is 4.98. The van der Waals surface area contributed by atoms with Crippen LogP contribution in [0.15, 0.2) is 17.2 Å². The molecule has 18 heavy (non-hydrogen) atoms. The Kier molecular flexibility index (Phi) is 5.89. The van der Waals surface area contributed by atoms with Crippen LogP contribution in [0.2, 0.25) is 5.15 Å². The second-order valence-electron chi connectivity index (χ2n) is 3.36. The summed E-state index contributed by atoms with van der Waals surface area (Å²) in [5, 5.41) is 47.3. The molecule has 0 unspecified atom stereocenters. The van der Waals surface area contributed by atoms with Gasteiger partial charge in [-0.15, -0.1) is 10.2 Å². The van der Waals surface area contributed by atoms with Crippen molar-refractivity contribution in [2.45, 2.75) is 18.3 Å². The van der Waals surface area contributed by atoms with Gasteiger partial charge in [-0.05, 0) is 12.1 Å². The lowest BCUT2D eigenvalue weighted by atomic mass is 10.1. The Balaban J connectivity index is 2.47.